The molecule has 12 heavy (non-hydrogen) atoms. The molecule has 0 radical (unpaired) electrons. The van der Waals surface area contributed by atoms with Crippen LogP contribution in [0.4, 0.5) is 0 Å². The van der Waals surface area contributed by atoms with Crippen LogP contribution < -0.4 is 10.4 Å². The van der Waals surface area contributed by atoms with Crippen molar-refractivity contribution < 1.29 is 14.7 Å². The predicted molar refractivity (Wildman–Crippen MR) is 42.1 cm³/mol. The molecule has 2 atom stereocenters. The quantitative estimate of drug-likeness (QED) is 0.609. The lowest BCUT2D eigenvalue weighted by Crippen LogP contribution is -2.50. The number of carbonyl (C=O) groups is 2. The SMILES string of the molecule is CC[C@H](C)[C@H](NC(C)=O)C(=O)[O-]. The van der Waals surface area contributed by atoms with E-state index in [1.54, 1.807) is 6.92 Å². The Balaban J connectivity index is 4.22. The number of carboxylic acid groups (broad SMARTS) is 1. The number of amides is 1. The van der Waals surface area contributed by atoms with E-state index >= 15 is 0 Å². The molecule has 0 fully saturated rings. The number of hydrogen-bond acceptors (Lipinski definition) is 3. The van der Waals surface area contributed by atoms with Crippen LogP contribution in [0.1, 0.15) is 27.2 Å². The van der Waals surface area contributed by atoms with Crippen molar-refractivity contribution in [2.24, 2.45) is 5.92 Å². The Morgan fingerprint density at radius 1 is 1.50 bits per heavy atom. The average molecular weight is 172 g/mol. The van der Waals surface area contributed by atoms with E-state index in [0.717, 1.165) is 0 Å². The van der Waals surface area contributed by atoms with Crippen LogP contribution in [0.3, 0.4) is 0 Å². The molecule has 1 N–H and O–H groups in total. The summed E-state index contributed by atoms with van der Waals surface area (Å²) in [6.45, 7) is 4.91. The topological polar surface area (TPSA) is 69.2 Å². The van der Waals surface area contributed by atoms with Gasteiger partial charge in [0.15, 0.2) is 0 Å². The van der Waals surface area contributed by atoms with Crippen LogP contribution in [0.5, 0.6) is 0 Å². The lowest BCUT2D eigenvalue weighted by molar-refractivity contribution is -0.309. The summed E-state index contributed by atoms with van der Waals surface area (Å²) in [7, 11) is 0. The second kappa shape index (κ2) is 4.74. The highest BCUT2D eigenvalue weighted by Crippen LogP contribution is 2.06. The van der Waals surface area contributed by atoms with E-state index in [-0.39, 0.29) is 11.8 Å². The molecular weight excluding hydrogens is 158 g/mol. The van der Waals surface area contributed by atoms with Crippen molar-refractivity contribution >= 4 is 11.9 Å². The molecule has 1 amide bonds. The Kier molecular flexibility index (Phi) is 4.33. The Bertz CT molecular complexity index is 179. The Labute approximate surface area is 72.0 Å². The van der Waals surface area contributed by atoms with Crippen molar-refractivity contribution in [2.75, 3.05) is 0 Å². The van der Waals surface area contributed by atoms with Crippen molar-refractivity contribution in [2.45, 2.75) is 33.2 Å². The third-order valence-corrected chi connectivity index (χ3v) is 1.83. The van der Waals surface area contributed by atoms with Gasteiger partial charge in [-0.3, -0.25) is 4.79 Å². The minimum Gasteiger partial charge on any atom is -0.548 e. The lowest BCUT2D eigenvalue weighted by atomic mass is 9.99. The van der Waals surface area contributed by atoms with E-state index in [0.29, 0.717) is 6.42 Å². The third kappa shape index (κ3) is 3.37. The second-order valence-corrected chi connectivity index (χ2v) is 2.88. The zero-order chi connectivity index (χ0) is 9.72. The molecule has 0 aromatic carbocycles. The number of rotatable bonds is 4. The van der Waals surface area contributed by atoms with Crippen molar-refractivity contribution in [1.82, 2.24) is 5.32 Å². The molecule has 0 bridgehead atoms. The highest BCUT2D eigenvalue weighted by atomic mass is 16.4. The van der Waals surface area contributed by atoms with Crippen molar-refractivity contribution in [3.05, 3.63) is 0 Å². The molecule has 0 unspecified atom stereocenters. The summed E-state index contributed by atoms with van der Waals surface area (Å²) in [5.41, 5.74) is 0. The molecule has 0 aliphatic carbocycles. The summed E-state index contributed by atoms with van der Waals surface area (Å²) < 4.78 is 0. The number of carbonyl (C=O) groups excluding carboxylic acids is 2. The van der Waals surface area contributed by atoms with Crippen LogP contribution in [0, 0.1) is 5.92 Å². The average Bonchev–Trinajstić information content (AvgIpc) is 1.98. The van der Waals surface area contributed by atoms with Gasteiger partial charge in [0, 0.05) is 6.92 Å². The maximum absolute atomic E-state index is 10.6. The van der Waals surface area contributed by atoms with E-state index in [9.17, 15) is 14.7 Å². The minimum absolute atomic E-state index is 0.0982. The summed E-state index contributed by atoms with van der Waals surface area (Å²) >= 11 is 0. The van der Waals surface area contributed by atoms with Crippen molar-refractivity contribution in [3.63, 3.8) is 0 Å². The molecular formula is C8H14NO3-. The first-order chi connectivity index (χ1) is 5.49. The standard InChI is InChI=1S/C8H15NO3/c1-4-5(2)7(8(11)12)9-6(3)10/h5,7H,4H2,1-3H3,(H,9,10)(H,11,12)/p-1/t5-,7-/m0/s1. The largest absolute Gasteiger partial charge is 0.548 e. The van der Waals surface area contributed by atoms with E-state index < -0.39 is 12.0 Å². The highest BCUT2D eigenvalue weighted by Gasteiger charge is 2.17. The number of hydrogen-bond donors (Lipinski definition) is 1. The van der Waals surface area contributed by atoms with Gasteiger partial charge >= 0.3 is 0 Å². The van der Waals surface area contributed by atoms with Gasteiger partial charge in [0.25, 0.3) is 0 Å². The van der Waals surface area contributed by atoms with E-state index in [1.165, 1.54) is 6.92 Å². The summed E-state index contributed by atoms with van der Waals surface area (Å²) in [5.74, 6) is -1.66. The monoisotopic (exact) mass is 172 g/mol. The zero-order valence-corrected chi connectivity index (χ0v) is 7.59. The Morgan fingerprint density at radius 3 is 2.25 bits per heavy atom. The molecule has 0 spiro atoms. The van der Waals surface area contributed by atoms with E-state index in [4.69, 9.17) is 0 Å². The molecule has 0 aromatic heterocycles. The first-order valence-electron chi connectivity index (χ1n) is 3.97. The van der Waals surface area contributed by atoms with Crippen LogP contribution in [-0.4, -0.2) is 17.9 Å². The maximum Gasteiger partial charge on any atom is 0.217 e. The smallest absolute Gasteiger partial charge is 0.217 e. The minimum atomic E-state index is -1.22. The van der Waals surface area contributed by atoms with Gasteiger partial charge in [-0.05, 0) is 5.92 Å². The van der Waals surface area contributed by atoms with Gasteiger partial charge in [0.2, 0.25) is 5.91 Å². The first-order valence-corrected chi connectivity index (χ1v) is 3.97. The molecule has 70 valence electrons. The second-order valence-electron chi connectivity index (χ2n) is 2.88. The molecule has 0 rings (SSSR count). The van der Waals surface area contributed by atoms with Crippen LogP contribution in [-0.2, 0) is 9.59 Å². The highest BCUT2D eigenvalue weighted by molar-refractivity contribution is 5.81. The summed E-state index contributed by atoms with van der Waals surface area (Å²) in [6.07, 6.45) is 0.693. The molecule has 0 saturated heterocycles. The van der Waals surface area contributed by atoms with Gasteiger partial charge in [-0.2, -0.15) is 0 Å². The van der Waals surface area contributed by atoms with Gasteiger partial charge in [-0.15, -0.1) is 0 Å². The Hall–Kier alpha value is -1.06. The lowest BCUT2D eigenvalue weighted by Gasteiger charge is -2.24. The summed E-state index contributed by atoms with van der Waals surface area (Å²) in [4.78, 5) is 21.1. The van der Waals surface area contributed by atoms with Crippen LogP contribution in [0.15, 0.2) is 0 Å². The zero-order valence-electron chi connectivity index (χ0n) is 7.59. The summed E-state index contributed by atoms with van der Waals surface area (Å²) in [5, 5.41) is 12.8. The van der Waals surface area contributed by atoms with Gasteiger partial charge < -0.3 is 15.2 Å². The Morgan fingerprint density at radius 2 is 2.00 bits per heavy atom. The van der Waals surface area contributed by atoms with Gasteiger partial charge in [-0.1, -0.05) is 20.3 Å². The molecule has 0 saturated carbocycles. The number of carboxylic acids is 1. The fourth-order valence-corrected chi connectivity index (χ4v) is 0.888. The number of aliphatic carboxylic acids is 1. The van der Waals surface area contributed by atoms with Gasteiger partial charge in [0.05, 0.1) is 12.0 Å². The summed E-state index contributed by atoms with van der Waals surface area (Å²) in [6, 6.07) is -0.868. The van der Waals surface area contributed by atoms with E-state index in [1.807, 2.05) is 6.92 Å². The molecule has 0 aliphatic rings. The normalized spacial score (nSPS) is 14.9. The van der Waals surface area contributed by atoms with E-state index in [2.05, 4.69) is 5.32 Å². The predicted octanol–water partition coefficient (Wildman–Crippen LogP) is -0.713. The molecule has 4 heteroatoms. The fraction of sp³-hybridized carbons (Fsp3) is 0.750. The number of nitrogens with one attached hydrogen (secondary N) is 1. The van der Waals surface area contributed by atoms with Crippen molar-refractivity contribution in [3.8, 4) is 0 Å². The molecule has 4 nitrogen and oxygen atoms in total. The van der Waals surface area contributed by atoms with Crippen molar-refractivity contribution in [1.29, 1.82) is 0 Å². The van der Waals surface area contributed by atoms with Crippen LogP contribution >= 0.6 is 0 Å². The maximum atomic E-state index is 10.6. The van der Waals surface area contributed by atoms with Gasteiger partial charge in [0.1, 0.15) is 0 Å². The molecule has 0 heterocycles. The van der Waals surface area contributed by atoms with Gasteiger partial charge in [-0.25, -0.2) is 0 Å². The fourth-order valence-electron chi connectivity index (χ4n) is 0.888. The van der Waals surface area contributed by atoms with Crippen LogP contribution in [0.2, 0.25) is 0 Å². The molecule has 0 aromatic rings. The third-order valence-electron chi connectivity index (χ3n) is 1.83. The first kappa shape index (κ1) is 10.9. The van der Waals surface area contributed by atoms with Crippen LogP contribution in [0.25, 0.3) is 0 Å². The molecule has 0 aliphatic heterocycles.